The third-order valence-electron chi connectivity index (χ3n) is 6.77. The molecule has 0 aliphatic carbocycles. The summed E-state index contributed by atoms with van der Waals surface area (Å²) in [5.41, 5.74) is 2.29. The molecule has 33 heavy (non-hydrogen) atoms. The fourth-order valence-corrected chi connectivity index (χ4v) is 4.63. The molecule has 1 aromatic heterocycles. The van der Waals surface area contributed by atoms with E-state index in [1.807, 2.05) is 32.1 Å². The molecule has 1 amide bonds. The van der Waals surface area contributed by atoms with Gasteiger partial charge < -0.3 is 14.8 Å². The number of nitrogens with zero attached hydrogens (tertiary/aromatic N) is 2. The van der Waals surface area contributed by atoms with E-state index in [1.54, 1.807) is 0 Å². The van der Waals surface area contributed by atoms with E-state index in [4.69, 9.17) is 0 Å². The molecule has 0 bridgehead atoms. The zero-order chi connectivity index (χ0) is 23.6. The Labute approximate surface area is 199 Å². The molecule has 2 aromatic rings. The number of allylic oxidation sites excluding steroid dienone is 1. The van der Waals surface area contributed by atoms with Gasteiger partial charge in [-0.05, 0) is 80.2 Å². The summed E-state index contributed by atoms with van der Waals surface area (Å²) in [5.74, 6) is 0.678. The summed E-state index contributed by atoms with van der Waals surface area (Å²) in [5, 5.41) is 5.29. The highest BCUT2D eigenvalue weighted by atomic mass is 16.1. The maximum atomic E-state index is 12.0. The molecule has 1 aliphatic rings. The largest absolute Gasteiger partial charge is 0.348 e. The number of aryl methyl sites for hydroxylation is 1. The van der Waals surface area contributed by atoms with E-state index in [1.165, 1.54) is 68.9 Å². The number of amides is 1. The van der Waals surface area contributed by atoms with Gasteiger partial charge in [-0.3, -0.25) is 4.79 Å². The summed E-state index contributed by atoms with van der Waals surface area (Å²) in [6, 6.07) is 10.6. The van der Waals surface area contributed by atoms with Crippen LogP contribution in [0.1, 0.15) is 63.9 Å². The molecule has 0 saturated carbocycles. The number of piperidine rings is 1. The minimum absolute atomic E-state index is 0.000702. The summed E-state index contributed by atoms with van der Waals surface area (Å²) in [6.07, 6.45) is 13.4. The number of nitrogens with one attached hydrogen (secondary N) is 1. The molecule has 1 saturated heterocycles. The lowest BCUT2D eigenvalue weighted by Crippen LogP contribution is -2.33. The summed E-state index contributed by atoms with van der Waals surface area (Å²) in [7, 11) is 0. The van der Waals surface area contributed by atoms with Crippen molar-refractivity contribution >= 4 is 24.2 Å². The van der Waals surface area contributed by atoms with E-state index >= 15 is 0 Å². The number of hydrogen-bond donors (Lipinski definition) is 1. The van der Waals surface area contributed by atoms with E-state index in [2.05, 4.69) is 58.4 Å². The van der Waals surface area contributed by atoms with Crippen LogP contribution in [0.5, 0.6) is 0 Å². The van der Waals surface area contributed by atoms with Crippen molar-refractivity contribution in [3.63, 3.8) is 0 Å². The molecule has 1 aliphatic heterocycles. The first kappa shape index (κ1) is 25.0. The van der Waals surface area contributed by atoms with Crippen molar-refractivity contribution in [1.29, 1.82) is 0 Å². The standard InChI is InChI=1S/C29H41N3O/c1-5-11-25-16-21-32(24(25)4)18-9-7-6-8-17-31-19-14-26(15-20-31)27-12-10-13-28(22-27)30-29(33)23(2)3/h5,10-13,16,21-23,26H,1,4,6-9,14-15,17-20H2,2-3H3,(H,30,33)/b25-11-. The van der Waals surface area contributed by atoms with Crippen LogP contribution in [0.3, 0.4) is 0 Å². The molecular formula is C29H41N3O. The number of carbonyl (C=O) groups is 1. The van der Waals surface area contributed by atoms with E-state index in [0.717, 1.165) is 17.6 Å². The number of aromatic nitrogens is 1. The van der Waals surface area contributed by atoms with Gasteiger partial charge in [0.05, 0.1) is 0 Å². The fraction of sp³-hybridized carbons (Fsp3) is 0.483. The van der Waals surface area contributed by atoms with Crippen molar-refractivity contribution in [2.24, 2.45) is 5.92 Å². The summed E-state index contributed by atoms with van der Waals surface area (Å²) >= 11 is 0. The van der Waals surface area contributed by atoms with Crippen LogP contribution >= 0.6 is 0 Å². The van der Waals surface area contributed by atoms with Gasteiger partial charge in [-0.2, -0.15) is 0 Å². The van der Waals surface area contributed by atoms with Gasteiger partial charge in [0.1, 0.15) is 0 Å². The number of benzene rings is 1. The topological polar surface area (TPSA) is 37.3 Å². The lowest BCUT2D eigenvalue weighted by atomic mass is 9.89. The Kier molecular flexibility index (Phi) is 9.56. The van der Waals surface area contributed by atoms with Crippen LogP contribution in [0.25, 0.3) is 12.7 Å². The van der Waals surface area contributed by atoms with Crippen molar-refractivity contribution in [3.05, 3.63) is 65.3 Å². The monoisotopic (exact) mass is 447 g/mol. The number of likely N-dealkylation sites (tertiary alicyclic amines) is 1. The maximum Gasteiger partial charge on any atom is 0.226 e. The molecule has 2 heterocycles. The van der Waals surface area contributed by atoms with Crippen molar-refractivity contribution < 1.29 is 4.79 Å². The predicted molar refractivity (Wildman–Crippen MR) is 141 cm³/mol. The molecule has 1 fully saturated rings. The van der Waals surface area contributed by atoms with E-state index < -0.39 is 0 Å². The minimum Gasteiger partial charge on any atom is -0.348 e. The van der Waals surface area contributed by atoms with Crippen LogP contribution in [-0.4, -0.2) is 35.0 Å². The Bertz CT molecular complexity index is 1010. The van der Waals surface area contributed by atoms with Gasteiger partial charge >= 0.3 is 0 Å². The first-order chi connectivity index (χ1) is 16.0. The Hall–Kier alpha value is -2.59. The first-order valence-electron chi connectivity index (χ1n) is 12.6. The van der Waals surface area contributed by atoms with Gasteiger partial charge in [-0.25, -0.2) is 0 Å². The second-order valence-corrected chi connectivity index (χ2v) is 9.61. The molecule has 4 nitrogen and oxygen atoms in total. The van der Waals surface area contributed by atoms with Gasteiger partial charge in [-0.1, -0.05) is 64.1 Å². The average Bonchev–Trinajstić information content (AvgIpc) is 3.16. The van der Waals surface area contributed by atoms with Crippen LogP contribution in [-0.2, 0) is 11.3 Å². The van der Waals surface area contributed by atoms with Gasteiger partial charge in [0.15, 0.2) is 0 Å². The van der Waals surface area contributed by atoms with Crippen molar-refractivity contribution in [1.82, 2.24) is 9.47 Å². The highest BCUT2D eigenvalue weighted by molar-refractivity contribution is 5.92. The smallest absolute Gasteiger partial charge is 0.226 e. The van der Waals surface area contributed by atoms with Gasteiger partial charge in [0, 0.05) is 29.7 Å². The number of hydrogen-bond acceptors (Lipinski definition) is 2. The Morgan fingerprint density at radius 2 is 1.85 bits per heavy atom. The summed E-state index contributed by atoms with van der Waals surface area (Å²) in [6.45, 7) is 16.4. The molecule has 1 N–H and O–H groups in total. The number of unbranched alkanes of at least 4 members (excludes halogenated alkanes) is 3. The number of rotatable bonds is 11. The Morgan fingerprint density at radius 3 is 2.55 bits per heavy atom. The van der Waals surface area contributed by atoms with Crippen LogP contribution in [0.2, 0.25) is 0 Å². The summed E-state index contributed by atoms with van der Waals surface area (Å²) in [4.78, 5) is 14.6. The molecule has 4 heteroatoms. The lowest BCUT2D eigenvalue weighted by Gasteiger charge is -2.32. The highest BCUT2D eigenvalue weighted by Gasteiger charge is 2.20. The third-order valence-corrected chi connectivity index (χ3v) is 6.77. The van der Waals surface area contributed by atoms with E-state index in [0.29, 0.717) is 5.92 Å². The van der Waals surface area contributed by atoms with Crippen molar-refractivity contribution in [2.45, 2.75) is 64.8 Å². The number of carbonyl (C=O) groups excluding carboxylic acids is 1. The summed E-state index contributed by atoms with van der Waals surface area (Å²) < 4.78 is 2.25. The van der Waals surface area contributed by atoms with Gasteiger partial charge in [-0.15, -0.1) is 0 Å². The van der Waals surface area contributed by atoms with E-state index in [-0.39, 0.29) is 11.8 Å². The number of anilines is 1. The van der Waals surface area contributed by atoms with Crippen LogP contribution in [0.15, 0.2) is 49.2 Å². The SMILES string of the molecule is C=C/C=c1/ccn(CCCCCCN2CCC(c3cccc(NC(=O)C(C)C)c3)CC2)c1=C. The maximum absolute atomic E-state index is 12.0. The van der Waals surface area contributed by atoms with Crippen molar-refractivity contribution in [2.75, 3.05) is 25.0 Å². The Morgan fingerprint density at radius 1 is 1.12 bits per heavy atom. The highest BCUT2D eigenvalue weighted by Crippen LogP contribution is 2.29. The quantitative estimate of drug-likeness (QED) is 0.498. The lowest BCUT2D eigenvalue weighted by molar-refractivity contribution is -0.118. The molecule has 0 unspecified atom stereocenters. The van der Waals surface area contributed by atoms with Crippen LogP contribution < -0.4 is 15.9 Å². The zero-order valence-electron chi connectivity index (χ0n) is 20.6. The molecule has 0 atom stereocenters. The average molecular weight is 448 g/mol. The Balaban J connectivity index is 1.33. The predicted octanol–water partition coefficient (Wildman–Crippen LogP) is 4.90. The molecule has 1 aromatic carbocycles. The molecule has 3 rings (SSSR count). The first-order valence-corrected chi connectivity index (χ1v) is 12.6. The fourth-order valence-electron chi connectivity index (χ4n) is 4.63. The van der Waals surface area contributed by atoms with Crippen LogP contribution in [0, 0.1) is 5.92 Å². The second-order valence-electron chi connectivity index (χ2n) is 9.61. The normalized spacial score (nSPS) is 15.8. The van der Waals surface area contributed by atoms with Gasteiger partial charge in [0.2, 0.25) is 5.91 Å². The van der Waals surface area contributed by atoms with Crippen LogP contribution in [0.4, 0.5) is 5.69 Å². The third kappa shape index (κ3) is 7.46. The van der Waals surface area contributed by atoms with E-state index in [9.17, 15) is 4.79 Å². The second kappa shape index (κ2) is 12.6. The molecule has 0 spiro atoms. The molecule has 178 valence electrons. The van der Waals surface area contributed by atoms with Crippen molar-refractivity contribution in [3.8, 4) is 0 Å². The zero-order valence-corrected chi connectivity index (χ0v) is 20.6. The minimum atomic E-state index is 0.000702. The molecular weight excluding hydrogens is 406 g/mol. The van der Waals surface area contributed by atoms with Gasteiger partial charge in [0.25, 0.3) is 0 Å². The molecule has 0 radical (unpaired) electrons.